The largest absolute Gasteiger partial charge is 0.399 e. The third-order valence-electron chi connectivity index (χ3n) is 3.09. The predicted octanol–water partition coefficient (Wildman–Crippen LogP) is 0.296. The van der Waals surface area contributed by atoms with Gasteiger partial charge in [0, 0.05) is 50.6 Å². The number of nitrogens with two attached hydrogens (primary N) is 1. The summed E-state index contributed by atoms with van der Waals surface area (Å²) in [6, 6.07) is 6.91. The molecule has 19 heavy (non-hydrogen) atoms. The first-order chi connectivity index (χ1) is 9.24. The minimum Gasteiger partial charge on any atom is -0.399 e. The minimum atomic E-state index is -0.181. The quantitative estimate of drug-likeness (QED) is 0.589. The van der Waals surface area contributed by atoms with Crippen LogP contribution in [0.4, 0.5) is 16.2 Å². The molecule has 104 valence electrons. The van der Waals surface area contributed by atoms with Gasteiger partial charge >= 0.3 is 6.03 Å². The van der Waals surface area contributed by atoms with E-state index in [2.05, 4.69) is 20.9 Å². The van der Waals surface area contributed by atoms with Crippen molar-refractivity contribution in [2.24, 2.45) is 0 Å². The average molecular weight is 263 g/mol. The number of nitrogens with one attached hydrogen (secondary N) is 3. The van der Waals surface area contributed by atoms with Crippen LogP contribution in [0.3, 0.4) is 0 Å². The van der Waals surface area contributed by atoms with Gasteiger partial charge in [0.2, 0.25) is 0 Å². The second kappa shape index (κ2) is 6.96. The Hall–Kier alpha value is -1.79. The van der Waals surface area contributed by atoms with Gasteiger partial charge in [-0.15, -0.1) is 0 Å². The lowest BCUT2D eigenvalue weighted by Gasteiger charge is -2.27. The van der Waals surface area contributed by atoms with Crippen LogP contribution in [-0.2, 0) is 0 Å². The number of carbonyl (C=O) groups is 1. The zero-order valence-corrected chi connectivity index (χ0v) is 11.0. The van der Waals surface area contributed by atoms with Gasteiger partial charge in [0.25, 0.3) is 0 Å². The van der Waals surface area contributed by atoms with Crippen molar-refractivity contribution in [2.45, 2.75) is 0 Å². The molecule has 2 amide bonds. The van der Waals surface area contributed by atoms with E-state index in [1.54, 1.807) is 24.3 Å². The lowest BCUT2D eigenvalue weighted by Crippen LogP contribution is -2.46. The number of amides is 2. The van der Waals surface area contributed by atoms with Crippen molar-refractivity contribution < 1.29 is 4.79 Å². The van der Waals surface area contributed by atoms with E-state index in [0.29, 0.717) is 12.2 Å². The van der Waals surface area contributed by atoms with Gasteiger partial charge in [-0.3, -0.25) is 4.90 Å². The molecule has 1 heterocycles. The highest BCUT2D eigenvalue weighted by molar-refractivity contribution is 5.89. The summed E-state index contributed by atoms with van der Waals surface area (Å²) in [6.45, 7) is 5.68. The zero-order chi connectivity index (χ0) is 13.5. The molecule has 6 heteroatoms. The fraction of sp³-hybridized carbons (Fsp3) is 0.462. The Morgan fingerprint density at radius 2 is 1.95 bits per heavy atom. The van der Waals surface area contributed by atoms with Crippen molar-refractivity contribution >= 4 is 17.4 Å². The Labute approximate surface area is 113 Å². The van der Waals surface area contributed by atoms with Gasteiger partial charge in [-0.05, 0) is 24.3 Å². The van der Waals surface area contributed by atoms with Gasteiger partial charge in [-0.2, -0.15) is 0 Å². The van der Waals surface area contributed by atoms with Crippen molar-refractivity contribution in [3.8, 4) is 0 Å². The lowest BCUT2D eigenvalue weighted by atomic mass is 10.3. The van der Waals surface area contributed by atoms with Crippen molar-refractivity contribution in [2.75, 3.05) is 50.3 Å². The second-order valence-corrected chi connectivity index (χ2v) is 4.59. The molecular formula is C13H21N5O. The van der Waals surface area contributed by atoms with E-state index in [-0.39, 0.29) is 6.03 Å². The van der Waals surface area contributed by atoms with Gasteiger partial charge in [-0.25, -0.2) is 4.79 Å². The van der Waals surface area contributed by atoms with Crippen LogP contribution in [0.15, 0.2) is 24.3 Å². The predicted molar refractivity (Wildman–Crippen MR) is 77.2 cm³/mol. The van der Waals surface area contributed by atoms with Crippen molar-refractivity contribution in [1.29, 1.82) is 0 Å². The topological polar surface area (TPSA) is 82.4 Å². The summed E-state index contributed by atoms with van der Waals surface area (Å²) in [5.41, 5.74) is 7.01. The molecule has 1 fully saturated rings. The standard InChI is InChI=1S/C13H21N5O/c14-11-1-3-12(4-2-11)17-13(19)16-7-10-18-8-5-15-6-9-18/h1-4,15H,5-10,14H2,(H2,16,17,19). The highest BCUT2D eigenvalue weighted by atomic mass is 16.2. The molecule has 6 nitrogen and oxygen atoms in total. The smallest absolute Gasteiger partial charge is 0.319 e. The van der Waals surface area contributed by atoms with Gasteiger partial charge in [0.05, 0.1) is 0 Å². The molecule has 0 spiro atoms. The monoisotopic (exact) mass is 263 g/mol. The van der Waals surface area contributed by atoms with Crippen LogP contribution in [0.2, 0.25) is 0 Å². The molecule has 1 aromatic rings. The fourth-order valence-electron chi connectivity index (χ4n) is 2.00. The number of nitrogens with zero attached hydrogens (tertiary/aromatic N) is 1. The molecule has 1 aromatic carbocycles. The maximum atomic E-state index is 11.7. The number of carbonyl (C=O) groups excluding carboxylic acids is 1. The first-order valence-corrected chi connectivity index (χ1v) is 6.57. The van der Waals surface area contributed by atoms with E-state index in [4.69, 9.17) is 5.73 Å². The third-order valence-corrected chi connectivity index (χ3v) is 3.09. The first-order valence-electron chi connectivity index (χ1n) is 6.57. The van der Waals surface area contributed by atoms with Crippen LogP contribution in [0, 0.1) is 0 Å². The van der Waals surface area contributed by atoms with Crippen LogP contribution in [0.1, 0.15) is 0 Å². The molecule has 0 saturated carbocycles. The van der Waals surface area contributed by atoms with Crippen molar-refractivity contribution in [3.63, 3.8) is 0 Å². The number of anilines is 2. The molecular weight excluding hydrogens is 242 g/mol. The highest BCUT2D eigenvalue weighted by Gasteiger charge is 2.09. The molecule has 0 radical (unpaired) electrons. The van der Waals surface area contributed by atoms with E-state index >= 15 is 0 Å². The second-order valence-electron chi connectivity index (χ2n) is 4.59. The van der Waals surface area contributed by atoms with Crippen LogP contribution >= 0.6 is 0 Å². The summed E-state index contributed by atoms with van der Waals surface area (Å²) < 4.78 is 0. The van der Waals surface area contributed by atoms with E-state index in [9.17, 15) is 4.79 Å². The Morgan fingerprint density at radius 3 is 2.63 bits per heavy atom. The molecule has 2 rings (SSSR count). The van der Waals surface area contributed by atoms with Crippen LogP contribution in [0.25, 0.3) is 0 Å². The summed E-state index contributed by atoms with van der Waals surface area (Å²) in [6.07, 6.45) is 0. The molecule has 1 saturated heterocycles. The molecule has 0 unspecified atom stereocenters. The van der Waals surface area contributed by atoms with E-state index in [0.717, 1.165) is 38.4 Å². The Kier molecular flexibility index (Phi) is 5.00. The maximum Gasteiger partial charge on any atom is 0.319 e. The number of hydrogen-bond donors (Lipinski definition) is 4. The summed E-state index contributed by atoms with van der Waals surface area (Å²) in [7, 11) is 0. The number of nitrogen functional groups attached to an aromatic ring is 1. The van der Waals surface area contributed by atoms with Crippen LogP contribution < -0.4 is 21.7 Å². The minimum absolute atomic E-state index is 0.181. The fourth-order valence-corrected chi connectivity index (χ4v) is 2.00. The third kappa shape index (κ3) is 4.76. The van der Waals surface area contributed by atoms with Gasteiger partial charge in [0.15, 0.2) is 0 Å². The van der Waals surface area contributed by atoms with E-state index < -0.39 is 0 Å². The summed E-state index contributed by atoms with van der Waals surface area (Å²) in [5, 5.41) is 8.92. The average Bonchev–Trinajstić information content (AvgIpc) is 2.43. The van der Waals surface area contributed by atoms with E-state index in [1.165, 1.54) is 0 Å². The number of hydrogen-bond acceptors (Lipinski definition) is 4. The highest BCUT2D eigenvalue weighted by Crippen LogP contribution is 2.09. The molecule has 5 N–H and O–H groups in total. The Balaban J connectivity index is 1.65. The molecule has 1 aliphatic rings. The molecule has 0 atom stereocenters. The summed E-state index contributed by atoms with van der Waals surface area (Å²) >= 11 is 0. The number of rotatable bonds is 4. The Bertz CT molecular complexity index is 400. The van der Waals surface area contributed by atoms with Crippen LogP contribution in [-0.4, -0.2) is 50.2 Å². The number of benzene rings is 1. The van der Waals surface area contributed by atoms with Crippen molar-refractivity contribution in [3.05, 3.63) is 24.3 Å². The summed E-state index contributed by atoms with van der Waals surface area (Å²) in [4.78, 5) is 14.0. The maximum absolute atomic E-state index is 11.7. The molecule has 0 bridgehead atoms. The van der Waals surface area contributed by atoms with Gasteiger partial charge in [0.1, 0.15) is 0 Å². The molecule has 1 aliphatic heterocycles. The molecule has 0 aromatic heterocycles. The summed E-state index contributed by atoms with van der Waals surface area (Å²) in [5.74, 6) is 0. The zero-order valence-electron chi connectivity index (χ0n) is 11.0. The molecule has 0 aliphatic carbocycles. The normalized spacial score (nSPS) is 16.0. The number of piperazine rings is 1. The SMILES string of the molecule is Nc1ccc(NC(=O)NCCN2CCNCC2)cc1. The number of urea groups is 1. The van der Waals surface area contributed by atoms with Gasteiger partial charge in [-0.1, -0.05) is 0 Å². The van der Waals surface area contributed by atoms with Gasteiger partial charge < -0.3 is 21.7 Å². The van der Waals surface area contributed by atoms with Crippen LogP contribution in [0.5, 0.6) is 0 Å². The lowest BCUT2D eigenvalue weighted by molar-refractivity contribution is 0.233. The Morgan fingerprint density at radius 1 is 1.26 bits per heavy atom. The van der Waals surface area contributed by atoms with Crippen molar-refractivity contribution in [1.82, 2.24) is 15.5 Å². The van der Waals surface area contributed by atoms with E-state index in [1.807, 2.05) is 0 Å². The first kappa shape index (κ1) is 13.6.